The van der Waals surface area contributed by atoms with Crippen LogP contribution >= 0.6 is 0 Å². The van der Waals surface area contributed by atoms with Crippen molar-refractivity contribution < 1.29 is 4.79 Å². The van der Waals surface area contributed by atoms with Crippen LogP contribution in [0.5, 0.6) is 0 Å². The summed E-state index contributed by atoms with van der Waals surface area (Å²) in [6.07, 6.45) is 2.63. The second-order valence-electron chi connectivity index (χ2n) is 6.75. The maximum atomic E-state index is 12.4. The molecule has 0 atom stereocenters. The minimum Gasteiger partial charge on any atom is -0.325 e. The predicted molar refractivity (Wildman–Crippen MR) is 107 cm³/mol. The van der Waals surface area contributed by atoms with Crippen molar-refractivity contribution in [2.45, 2.75) is 26.8 Å². The van der Waals surface area contributed by atoms with Gasteiger partial charge in [-0.1, -0.05) is 31.2 Å². The number of para-hydroxylation sites is 1. The number of rotatable bonds is 6. The van der Waals surface area contributed by atoms with Crippen LogP contribution in [0.4, 0.5) is 5.69 Å². The molecule has 0 saturated carbocycles. The van der Waals surface area contributed by atoms with Gasteiger partial charge in [0.1, 0.15) is 5.65 Å². The molecule has 2 aromatic heterocycles. The lowest BCUT2D eigenvalue weighted by Gasteiger charge is -2.17. The summed E-state index contributed by atoms with van der Waals surface area (Å²) in [4.78, 5) is 31.0. The summed E-state index contributed by atoms with van der Waals surface area (Å²) in [5, 5.41) is 2.96. The Morgan fingerprint density at radius 3 is 2.78 bits per heavy atom. The number of amides is 1. The highest BCUT2D eigenvalue weighted by Gasteiger charge is 2.11. The summed E-state index contributed by atoms with van der Waals surface area (Å²) in [5.41, 5.74) is 4.09. The summed E-state index contributed by atoms with van der Waals surface area (Å²) in [7, 11) is 1.84. The molecule has 0 radical (unpaired) electrons. The topological polar surface area (TPSA) is 66.7 Å². The highest BCUT2D eigenvalue weighted by atomic mass is 16.2. The average molecular weight is 364 g/mol. The van der Waals surface area contributed by atoms with E-state index in [9.17, 15) is 9.59 Å². The number of nitrogens with zero attached hydrogens (tertiary/aromatic N) is 3. The first kappa shape index (κ1) is 18.8. The van der Waals surface area contributed by atoms with Crippen LogP contribution in [-0.2, 0) is 17.8 Å². The van der Waals surface area contributed by atoms with E-state index < -0.39 is 0 Å². The van der Waals surface area contributed by atoms with E-state index in [4.69, 9.17) is 0 Å². The number of pyridine rings is 1. The van der Waals surface area contributed by atoms with E-state index >= 15 is 0 Å². The molecule has 0 unspecified atom stereocenters. The lowest BCUT2D eigenvalue weighted by atomic mass is 10.1. The van der Waals surface area contributed by atoms with Gasteiger partial charge in [0, 0.05) is 24.5 Å². The van der Waals surface area contributed by atoms with Crippen LogP contribution < -0.4 is 10.9 Å². The molecule has 6 nitrogen and oxygen atoms in total. The number of aromatic nitrogens is 2. The molecule has 3 aromatic rings. The molecule has 6 heteroatoms. The Balaban J connectivity index is 1.67. The third kappa shape index (κ3) is 4.60. The molecule has 0 spiro atoms. The SMILES string of the molecule is CCc1ccccc1NC(=O)CN(C)Cc1cc(=O)n2cc(C)ccc2n1. The summed E-state index contributed by atoms with van der Waals surface area (Å²) >= 11 is 0. The highest BCUT2D eigenvalue weighted by molar-refractivity contribution is 5.92. The molecule has 140 valence electrons. The Morgan fingerprint density at radius 1 is 1.22 bits per heavy atom. The van der Waals surface area contributed by atoms with Gasteiger partial charge in [0.15, 0.2) is 0 Å². The van der Waals surface area contributed by atoms with Crippen molar-refractivity contribution in [2.24, 2.45) is 0 Å². The zero-order chi connectivity index (χ0) is 19.4. The Morgan fingerprint density at radius 2 is 2.00 bits per heavy atom. The van der Waals surface area contributed by atoms with Gasteiger partial charge in [-0.15, -0.1) is 0 Å². The van der Waals surface area contributed by atoms with Gasteiger partial charge < -0.3 is 5.32 Å². The van der Waals surface area contributed by atoms with Crippen molar-refractivity contribution in [3.8, 4) is 0 Å². The fourth-order valence-electron chi connectivity index (χ4n) is 3.06. The van der Waals surface area contributed by atoms with E-state index in [0.717, 1.165) is 23.2 Å². The first-order chi connectivity index (χ1) is 13.0. The normalized spacial score (nSPS) is 11.1. The second-order valence-corrected chi connectivity index (χ2v) is 6.75. The van der Waals surface area contributed by atoms with Gasteiger partial charge in [-0.05, 0) is 43.7 Å². The number of benzene rings is 1. The van der Waals surface area contributed by atoms with Crippen LogP contribution in [0.25, 0.3) is 5.65 Å². The minimum atomic E-state index is -0.117. The summed E-state index contributed by atoms with van der Waals surface area (Å²) in [5.74, 6) is -0.0912. The number of hydrogen-bond acceptors (Lipinski definition) is 4. The van der Waals surface area contributed by atoms with Gasteiger partial charge in [0.25, 0.3) is 5.56 Å². The van der Waals surface area contributed by atoms with E-state index in [0.29, 0.717) is 17.9 Å². The molecule has 3 rings (SSSR count). The standard InChI is InChI=1S/C21H24N4O2/c1-4-16-7-5-6-8-18(16)23-20(26)14-24(3)13-17-11-21(27)25-12-15(2)9-10-19(25)22-17/h5-12H,4,13-14H2,1-3H3,(H,23,26). The molecule has 0 bridgehead atoms. The van der Waals surface area contributed by atoms with Crippen molar-refractivity contribution in [1.82, 2.24) is 14.3 Å². The lowest BCUT2D eigenvalue weighted by molar-refractivity contribution is -0.117. The van der Waals surface area contributed by atoms with Gasteiger partial charge in [-0.25, -0.2) is 4.98 Å². The van der Waals surface area contributed by atoms with Crippen molar-refractivity contribution in [1.29, 1.82) is 0 Å². The van der Waals surface area contributed by atoms with Crippen molar-refractivity contribution >= 4 is 17.2 Å². The number of carbonyl (C=O) groups excluding carboxylic acids is 1. The lowest BCUT2D eigenvalue weighted by Crippen LogP contribution is -2.31. The van der Waals surface area contributed by atoms with E-state index in [1.165, 1.54) is 10.5 Å². The predicted octanol–water partition coefficient (Wildman–Crippen LogP) is 2.64. The van der Waals surface area contributed by atoms with Crippen molar-refractivity contribution in [3.63, 3.8) is 0 Å². The Kier molecular flexibility index (Phi) is 5.66. The van der Waals surface area contributed by atoms with Gasteiger partial charge in [0.2, 0.25) is 5.91 Å². The third-order valence-electron chi connectivity index (χ3n) is 4.38. The van der Waals surface area contributed by atoms with Crippen LogP contribution in [0, 0.1) is 6.92 Å². The van der Waals surface area contributed by atoms with E-state index in [-0.39, 0.29) is 18.0 Å². The van der Waals surface area contributed by atoms with Crippen LogP contribution in [-0.4, -0.2) is 33.8 Å². The maximum Gasteiger partial charge on any atom is 0.258 e. The Hall–Kier alpha value is -2.99. The smallest absolute Gasteiger partial charge is 0.258 e. The van der Waals surface area contributed by atoms with E-state index in [2.05, 4.69) is 17.2 Å². The van der Waals surface area contributed by atoms with Crippen LogP contribution in [0.1, 0.15) is 23.7 Å². The molecule has 1 amide bonds. The van der Waals surface area contributed by atoms with E-state index in [1.54, 1.807) is 6.20 Å². The molecule has 27 heavy (non-hydrogen) atoms. The maximum absolute atomic E-state index is 12.4. The van der Waals surface area contributed by atoms with Crippen LogP contribution in [0.15, 0.2) is 53.5 Å². The number of likely N-dealkylation sites (N-methyl/N-ethyl adjacent to an activating group) is 1. The Labute approximate surface area is 158 Å². The van der Waals surface area contributed by atoms with Gasteiger partial charge in [-0.3, -0.25) is 18.9 Å². The zero-order valence-electron chi connectivity index (χ0n) is 15.9. The molecule has 0 saturated heterocycles. The molecule has 0 aliphatic heterocycles. The fraction of sp³-hybridized carbons (Fsp3) is 0.286. The monoisotopic (exact) mass is 364 g/mol. The molecule has 0 fully saturated rings. The molecule has 1 aromatic carbocycles. The van der Waals surface area contributed by atoms with Gasteiger partial charge >= 0.3 is 0 Å². The van der Waals surface area contributed by atoms with Crippen LogP contribution in [0.3, 0.4) is 0 Å². The number of carbonyl (C=O) groups is 1. The molecular weight excluding hydrogens is 340 g/mol. The highest BCUT2D eigenvalue weighted by Crippen LogP contribution is 2.15. The zero-order valence-corrected chi connectivity index (χ0v) is 15.9. The molecular formula is C21H24N4O2. The van der Waals surface area contributed by atoms with Crippen molar-refractivity contribution in [3.05, 3.63) is 75.8 Å². The fourth-order valence-corrected chi connectivity index (χ4v) is 3.06. The van der Waals surface area contributed by atoms with Crippen LogP contribution in [0.2, 0.25) is 0 Å². The molecule has 2 heterocycles. The number of hydrogen-bond donors (Lipinski definition) is 1. The second kappa shape index (κ2) is 8.14. The number of anilines is 1. The number of fused-ring (bicyclic) bond motifs is 1. The molecule has 0 aliphatic carbocycles. The summed E-state index contributed by atoms with van der Waals surface area (Å²) < 4.78 is 1.53. The molecule has 0 aliphatic rings. The minimum absolute atomic E-state index is 0.0912. The largest absolute Gasteiger partial charge is 0.325 e. The summed E-state index contributed by atoms with van der Waals surface area (Å²) in [6.45, 7) is 4.63. The first-order valence-electron chi connectivity index (χ1n) is 9.01. The Bertz CT molecular complexity index is 1030. The quantitative estimate of drug-likeness (QED) is 0.730. The average Bonchev–Trinajstić information content (AvgIpc) is 2.62. The van der Waals surface area contributed by atoms with Gasteiger partial charge in [-0.2, -0.15) is 0 Å². The van der Waals surface area contributed by atoms with Crippen molar-refractivity contribution in [2.75, 3.05) is 18.9 Å². The first-order valence-corrected chi connectivity index (χ1v) is 9.01. The number of aryl methyl sites for hydroxylation is 2. The molecule has 1 N–H and O–H groups in total. The van der Waals surface area contributed by atoms with Gasteiger partial charge in [0.05, 0.1) is 12.2 Å². The number of nitrogens with one attached hydrogen (secondary N) is 1. The third-order valence-corrected chi connectivity index (χ3v) is 4.38. The summed E-state index contributed by atoms with van der Waals surface area (Å²) in [6, 6.07) is 13.1. The van der Waals surface area contributed by atoms with E-state index in [1.807, 2.05) is 55.3 Å².